The number of anilines is 1. The fourth-order valence-electron chi connectivity index (χ4n) is 4.20. The minimum Gasteiger partial charge on any atom is -0.508 e. The Kier molecular flexibility index (Phi) is 7.19. The second-order valence-electron chi connectivity index (χ2n) is 8.69. The van der Waals surface area contributed by atoms with Crippen LogP contribution in [0.2, 0.25) is 0 Å². The number of tetrazole rings is 1. The number of aliphatic hydroxyl groups excluding tert-OH is 1. The molecule has 36 heavy (non-hydrogen) atoms. The molecule has 0 aliphatic carbocycles. The van der Waals surface area contributed by atoms with Crippen molar-refractivity contribution in [3.8, 4) is 11.4 Å². The lowest BCUT2D eigenvalue weighted by Gasteiger charge is -2.41. The molecule has 5 rings (SSSR count). The Labute approximate surface area is 212 Å². The van der Waals surface area contributed by atoms with Gasteiger partial charge in [0.1, 0.15) is 5.75 Å². The van der Waals surface area contributed by atoms with Crippen LogP contribution in [0.5, 0.6) is 5.75 Å². The highest BCUT2D eigenvalue weighted by Gasteiger charge is 2.38. The lowest BCUT2D eigenvalue weighted by atomic mass is 9.91. The van der Waals surface area contributed by atoms with Gasteiger partial charge in [-0.1, -0.05) is 55.1 Å². The molecule has 3 aromatic carbocycles. The number of rotatable bonds is 7. The average molecular weight is 506 g/mol. The molecule has 4 unspecified atom stereocenters. The van der Waals surface area contributed by atoms with E-state index in [0.29, 0.717) is 16.6 Å². The number of nitrogens with zero attached hydrogens (tertiary/aromatic N) is 4. The third-order valence-corrected chi connectivity index (χ3v) is 7.23. The number of hydrogen-bond acceptors (Lipinski definition) is 9. The third kappa shape index (κ3) is 5.21. The molecule has 1 aliphatic rings. The van der Waals surface area contributed by atoms with Gasteiger partial charge in [-0.15, -0.1) is 5.10 Å². The number of phenols is 1. The lowest BCUT2D eigenvalue weighted by molar-refractivity contribution is -0.268. The molecule has 1 aliphatic heterocycles. The molecule has 0 amide bonds. The van der Waals surface area contributed by atoms with Crippen molar-refractivity contribution in [2.75, 3.05) is 11.5 Å². The summed E-state index contributed by atoms with van der Waals surface area (Å²) in [7, 11) is 0. The van der Waals surface area contributed by atoms with Crippen molar-refractivity contribution in [2.24, 2.45) is 5.92 Å². The van der Waals surface area contributed by atoms with E-state index in [-0.39, 0.29) is 30.5 Å². The third-order valence-electron chi connectivity index (χ3n) is 6.22. The van der Waals surface area contributed by atoms with Crippen LogP contribution in [0.15, 0.2) is 78.0 Å². The molecule has 186 valence electrons. The number of nitrogen functional groups attached to an aromatic ring is 1. The summed E-state index contributed by atoms with van der Waals surface area (Å²) in [5.41, 5.74) is 10.1. The standard InChI is InChI=1S/C26H27N5O4S/c1-16-23(15-36-26-28-29-30-31(26)21-9-11-22(33)12-10-21)34-25(19-3-2-4-20(27)13-19)35-24(16)18-7-5-17(14-32)6-8-18/h2-13,16,23-25,32-33H,14-15,27H2,1H3. The fourth-order valence-corrected chi connectivity index (χ4v) is 5.25. The summed E-state index contributed by atoms with van der Waals surface area (Å²) >= 11 is 1.49. The van der Waals surface area contributed by atoms with Crippen molar-refractivity contribution in [1.82, 2.24) is 20.2 Å². The van der Waals surface area contributed by atoms with Crippen LogP contribution in [0, 0.1) is 5.92 Å². The first-order chi connectivity index (χ1) is 17.5. The van der Waals surface area contributed by atoms with Crippen molar-refractivity contribution in [3.63, 3.8) is 0 Å². The molecule has 4 N–H and O–H groups in total. The van der Waals surface area contributed by atoms with Gasteiger partial charge in [0.15, 0.2) is 6.29 Å². The maximum absolute atomic E-state index is 9.60. The Morgan fingerprint density at radius 3 is 2.50 bits per heavy atom. The minimum absolute atomic E-state index is 0.00853. The molecule has 1 fully saturated rings. The smallest absolute Gasteiger partial charge is 0.214 e. The number of benzene rings is 3. The van der Waals surface area contributed by atoms with Gasteiger partial charge in [0, 0.05) is 22.9 Å². The van der Waals surface area contributed by atoms with E-state index in [9.17, 15) is 10.2 Å². The molecule has 4 aromatic rings. The van der Waals surface area contributed by atoms with Crippen LogP contribution in [-0.2, 0) is 16.1 Å². The molecular weight excluding hydrogens is 478 g/mol. The average Bonchev–Trinajstić information content (AvgIpc) is 3.37. The van der Waals surface area contributed by atoms with E-state index in [1.165, 1.54) is 11.8 Å². The van der Waals surface area contributed by atoms with E-state index in [1.807, 2.05) is 48.5 Å². The zero-order valence-corrected chi connectivity index (χ0v) is 20.5. The molecule has 1 saturated heterocycles. The Balaban J connectivity index is 1.39. The van der Waals surface area contributed by atoms with Gasteiger partial charge in [0.2, 0.25) is 5.16 Å². The van der Waals surface area contributed by atoms with E-state index in [2.05, 4.69) is 22.4 Å². The first-order valence-corrected chi connectivity index (χ1v) is 12.6. The zero-order chi connectivity index (χ0) is 25.1. The number of nitrogens with two attached hydrogens (primary N) is 1. The monoisotopic (exact) mass is 505 g/mol. The van der Waals surface area contributed by atoms with Crippen molar-refractivity contribution >= 4 is 17.4 Å². The normalized spacial score (nSPS) is 21.9. The SMILES string of the molecule is CC1C(CSc2nnnn2-c2ccc(O)cc2)OC(c2cccc(N)c2)OC1c1ccc(CO)cc1. The summed E-state index contributed by atoms with van der Waals surface area (Å²) in [5, 5.41) is 31.8. The summed E-state index contributed by atoms with van der Waals surface area (Å²) in [4.78, 5) is 0. The van der Waals surface area contributed by atoms with E-state index in [1.54, 1.807) is 28.9 Å². The second kappa shape index (κ2) is 10.7. The first kappa shape index (κ1) is 24.3. The van der Waals surface area contributed by atoms with E-state index < -0.39 is 6.29 Å². The largest absolute Gasteiger partial charge is 0.508 e. The number of aromatic nitrogens is 4. The number of aromatic hydroxyl groups is 1. The second-order valence-corrected chi connectivity index (χ2v) is 9.68. The number of aliphatic hydroxyl groups is 1. The Hall–Kier alpha value is -3.44. The highest BCUT2D eigenvalue weighted by Crippen LogP contribution is 2.43. The Morgan fingerprint density at radius 1 is 1.00 bits per heavy atom. The molecule has 10 heteroatoms. The van der Waals surface area contributed by atoms with Crippen LogP contribution in [-0.4, -0.2) is 42.3 Å². The molecule has 0 radical (unpaired) electrons. The van der Waals surface area contributed by atoms with Crippen molar-refractivity contribution in [2.45, 2.75) is 37.2 Å². The molecule has 0 spiro atoms. The van der Waals surface area contributed by atoms with E-state index in [0.717, 1.165) is 22.4 Å². The summed E-state index contributed by atoms with van der Waals surface area (Å²) in [6.45, 7) is 2.10. The van der Waals surface area contributed by atoms with Crippen LogP contribution < -0.4 is 5.73 Å². The van der Waals surface area contributed by atoms with Gasteiger partial charge < -0.3 is 25.4 Å². The maximum atomic E-state index is 9.60. The van der Waals surface area contributed by atoms with Gasteiger partial charge in [-0.3, -0.25) is 0 Å². The van der Waals surface area contributed by atoms with Crippen molar-refractivity contribution in [1.29, 1.82) is 0 Å². The summed E-state index contributed by atoms with van der Waals surface area (Å²) in [6.07, 6.45) is -0.995. The molecular formula is C26H27N5O4S. The highest BCUT2D eigenvalue weighted by atomic mass is 32.2. The zero-order valence-electron chi connectivity index (χ0n) is 19.6. The number of ether oxygens (including phenoxy) is 2. The van der Waals surface area contributed by atoms with E-state index >= 15 is 0 Å². The van der Waals surface area contributed by atoms with Crippen LogP contribution in [0.25, 0.3) is 5.69 Å². The van der Waals surface area contributed by atoms with Crippen molar-refractivity contribution < 1.29 is 19.7 Å². The van der Waals surface area contributed by atoms with Gasteiger partial charge in [0.25, 0.3) is 0 Å². The summed E-state index contributed by atoms with van der Waals surface area (Å²) in [5.74, 6) is 0.788. The number of thioether (sulfide) groups is 1. The van der Waals surface area contributed by atoms with Gasteiger partial charge in [0.05, 0.1) is 24.5 Å². The molecule has 2 heterocycles. The van der Waals surface area contributed by atoms with Crippen LogP contribution >= 0.6 is 11.8 Å². The van der Waals surface area contributed by atoms with Gasteiger partial charge in [-0.25, -0.2) is 0 Å². The highest BCUT2D eigenvalue weighted by molar-refractivity contribution is 7.99. The quantitative estimate of drug-likeness (QED) is 0.252. The van der Waals surface area contributed by atoms with Crippen LogP contribution in [0.1, 0.15) is 36.0 Å². The van der Waals surface area contributed by atoms with Crippen LogP contribution in [0.4, 0.5) is 5.69 Å². The molecule has 0 bridgehead atoms. The van der Waals surface area contributed by atoms with Crippen molar-refractivity contribution in [3.05, 3.63) is 89.5 Å². The predicted octanol–water partition coefficient (Wildman–Crippen LogP) is 4.03. The van der Waals surface area contributed by atoms with Gasteiger partial charge in [-0.05, 0) is 58.0 Å². The van der Waals surface area contributed by atoms with Gasteiger partial charge in [-0.2, -0.15) is 4.68 Å². The Morgan fingerprint density at radius 2 is 1.78 bits per heavy atom. The number of hydrogen-bond donors (Lipinski definition) is 3. The van der Waals surface area contributed by atoms with Gasteiger partial charge >= 0.3 is 0 Å². The minimum atomic E-state index is -0.592. The molecule has 0 saturated carbocycles. The molecule has 9 nitrogen and oxygen atoms in total. The topological polar surface area (TPSA) is 129 Å². The van der Waals surface area contributed by atoms with E-state index in [4.69, 9.17) is 15.2 Å². The summed E-state index contributed by atoms with van der Waals surface area (Å²) < 4.78 is 14.5. The lowest BCUT2D eigenvalue weighted by Crippen LogP contribution is -2.38. The predicted molar refractivity (Wildman–Crippen MR) is 135 cm³/mol. The van der Waals surface area contributed by atoms with Crippen LogP contribution in [0.3, 0.4) is 0 Å². The number of phenolic OH excluding ortho intramolecular Hbond substituents is 1. The molecule has 1 aromatic heterocycles. The molecule has 4 atom stereocenters. The summed E-state index contributed by atoms with van der Waals surface area (Å²) in [6, 6.07) is 22.0. The Bertz CT molecular complexity index is 1300. The maximum Gasteiger partial charge on any atom is 0.214 e. The first-order valence-electron chi connectivity index (χ1n) is 11.6. The fraction of sp³-hybridized carbons (Fsp3) is 0.269.